The smallest absolute Gasteiger partial charge is 0.323 e. The summed E-state index contributed by atoms with van der Waals surface area (Å²) in [6, 6.07) is 7.34. The Kier molecular flexibility index (Phi) is 13.8. The van der Waals surface area contributed by atoms with Gasteiger partial charge in [-0.15, -0.1) is 0 Å². The summed E-state index contributed by atoms with van der Waals surface area (Å²) in [4.78, 5) is 30.1. The summed E-state index contributed by atoms with van der Waals surface area (Å²) in [7, 11) is 0. The van der Waals surface area contributed by atoms with E-state index in [0.717, 1.165) is 56.3 Å². The largest absolute Gasteiger partial charge is 0.494 e. The van der Waals surface area contributed by atoms with Crippen LogP contribution in [0.2, 0.25) is 0 Å². The van der Waals surface area contributed by atoms with Gasteiger partial charge >= 0.3 is 5.97 Å². The highest BCUT2D eigenvalue weighted by molar-refractivity contribution is 5.90. The Hall–Kier alpha value is -2.42. The van der Waals surface area contributed by atoms with Gasteiger partial charge in [0.1, 0.15) is 17.9 Å². The van der Waals surface area contributed by atoms with Gasteiger partial charge in [0.05, 0.1) is 13.2 Å². The Bertz CT molecular complexity index is 876. The molecule has 2 atom stereocenters. The van der Waals surface area contributed by atoms with E-state index in [-0.39, 0.29) is 24.0 Å². The summed E-state index contributed by atoms with van der Waals surface area (Å²) in [5.74, 6) is 1.10. The van der Waals surface area contributed by atoms with Crippen molar-refractivity contribution in [3.63, 3.8) is 0 Å². The molecule has 0 saturated heterocycles. The molecule has 2 aliphatic carbocycles. The molecule has 8 nitrogen and oxygen atoms in total. The molecule has 1 amide bonds. The lowest BCUT2D eigenvalue weighted by Crippen LogP contribution is -2.46. The van der Waals surface area contributed by atoms with Crippen LogP contribution < -0.4 is 15.5 Å². The van der Waals surface area contributed by atoms with Gasteiger partial charge in [-0.2, -0.15) is 0 Å². The van der Waals surface area contributed by atoms with Crippen molar-refractivity contribution in [2.45, 2.75) is 103 Å². The number of hydroxylamine groups is 1. The summed E-state index contributed by atoms with van der Waals surface area (Å²) in [5, 5.41) is 3.50. The zero-order valence-electron chi connectivity index (χ0n) is 24.0. The third kappa shape index (κ3) is 12.1. The van der Waals surface area contributed by atoms with E-state index in [2.05, 4.69) is 10.8 Å². The maximum Gasteiger partial charge on any atom is 0.323 e. The number of carbonyl (C=O) groups is 2. The molecule has 0 heterocycles. The molecule has 2 saturated carbocycles. The second-order valence-electron chi connectivity index (χ2n) is 11.2. The van der Waals surface area contributed by atoms with E-state index in [1.54, 1.807) is 13.0 Å². The van der Waals surface area contributed by atoms with Crippen molar-refractivity contribution in [1.82, 2.24) is 10.8 Å². The SMILES string of the molecule is CC(C)COC(C)ONC(=O)C=Cc1ccc(OCCCN[C@H](C(=O)OC2CCCC2)C2CCCCC2)cc1. The molecule has 8 heteroatoms. The van der Waals surface area contributed by atoms with E-state index in [0.29, 0.717) is 31.6 Å². The number of carbonyl (C=O) groups excluding carboxylic acids is 2. The zero-order chi connectivity index (χ0) is 27.9. The highest BCUT2D eigenvalue weighted by atomic mass is 16.8. The second kappa shape index (κ2) is 17.3. The monoisotopic (exact) mass is 544 g/mol. The quantitative estimate of drug-likeness (QED) is 0.0925. The number of amides is 1. The lowest BCUT2D eigenvalue weighted by atomic mass is 9.84. The van der Waals surface area contributed by atoms with Gasteiger partial charge in [-0.05, 0) is 94.0 Å². The Morgan fingerprint density at radius 2 is 1.67 bits per heavy atom. The molecule has 2 N–H and O–H groups in total. The van der Waals surface area contributed by atoms with Crippen molar-refractivity contribution in [2.24, 2.45) is 11.8 Å². The molecule has 218 valence electrons. The van der Waals surface area contributed by atoms with Crippen LogP contribution in [0.15, 0.2) is 30.3 Å². The summed E-state index contributed by atoms with van der Waals surface area (Å²) >= 11 is 0. The first kappa shape index (κ1) is 31.1. The van der Waals surface area contributed by atoms with Gasteiger partial charge in [0.2, 0.25) is 0 Å². The number of rotatable bonds is 16. The average molecular weight is 545 g/mol. The second-order valence-corrected chi connectivity index (χ2v) is 11.2. The molecule has 0 aliphatic heterocycles. The van der Waals surface area contributed by atoms with Gasteiger partial charge in [-0.25, -0.2) is 10.3 Å². The van der Waals surface area contributed by atoms with Crippen molar-refractivity contribution in [1.29, 1.82) is 0 Å². The fourth-order valence-corrected chi connectivity index (χ4v) is 5.06. The number of benzene rings is 1. The minimum atomic E-state index is -0.514. The van der Waals surface area contributed by atoms with Crippen LogP contribution in [-0.4, -0.2) is 50.1 Å². The van der Waals surface area contributed by atoms with Gasteiger partial charge in [0.25, 0.3) is 5.91 Å². The topological polar surface area (TPSA) is 95.1 Å². The lowest BCUT2D eigenvalue weighted by molar-refractivity contribution is -0.180. The highest BCUT2D eigenvalue weighted by Crippen LogP contribution is 2.28. The minimum absolute atomic E-state index is 0.0624. The predicted molar refractivity (Wildman–Crippen MR) is 152 cm³/mol. The molecular weight excluding hydrogens is 496 g/mol. The number of esters is 1. The van der Waals surface area contributed by atoms with Crippen LogP contribution in [0.25, 0.3) is 6.08 Å². The van der Waals surface area contributed by atoms with Crippen LogP contribution in [0.1, 0.15) is 90.5 Å². The third-order valence-electron chi connectivity index (χ3n) is 7.21. The van der Waals surface area contributed by atoms with E-state index in [1.807, 2.05) is 38.1 Å². The minimum Gasteiger partial charge on any atom is -0.494 e. The maximum absolute atomic E-state index is 13.0. The van der Waals surface area contributed by atoms with Crippen molar-refractivity contribution in [3.05, 3.63) is 35.9 Å². The number of hydrogen-bond acceptors (Lipinski definition) is 7. The molecule has 2 aliphatic rings. The first-order valence-corrected chi connectivity index (χ1v) is 14.8. The Balaban J connectivity index is 1.35. The summed E-state index contributed by atoms with van der Waals surface area (Å²) in [6.45, 7) is 7.66. The summed E-state index contributed by atoms with van der Waals surface area (Å²) < 4.78 is 17.2. The van der Waals surface area contributed by atoms with Crippen molar-refractivity contribution < 1.29 is 28.6 Å². The fraction of sp³-hybridized carbons (Fsp3) is 0.677. The van der Waals surface area contributed by atoms with Gasteiger partial charge in [-0.1, -0.05) is 45.2 Å². The third-order valence-corrected chi connectivity index (χ3v) is 7.21. The van der Waals surface area contributed by atoms with Crippen LogP contribution in [0.5, 0.6) is 5.75 Å². The van der Waals surface area contributed by atoms with Crippen LogP contribution in [-0.2, 0) is 23.9 Å². The van der Waals surface area contributed by atoms with Gasteiger partial charge in [-0.3, -0.25) is 9.59 Å². The molecule has 0 bridgehead atoms. The van der Waals surface area contributed by atoms with Gasteiger partial charge < -0.3 is 19.5 Å². The molecule has 0 spiro atoms. The Morgan fingerprint density at radius 1 is 0.974 bits per heavy atom. The van der Waals surface area contributed by atoms with Crippen LogP contribution in [0.3, 0.4) is 0 Å². The van der Waals surface area contributed by atoms with E-state index in [4.69, 9.17) is 19.0 Å². The van der Waals surface area contributed by atoms with Gasteiger partial charge in [0, 0.05) is 6.08 Å². The standard InChI is InChI=1S/C31H48N2O6/c1-23(2)22-37-24(3)39-33-29(34)19-16-25-14-17-27(18-15-25)36-21-9-20-32-30(26-10-5-4-6-11-26)31(35)38-28-12-7-8-13-28/h14-19,23-24,26,28,30,32H,4-13,20-22H2,1-3H3,(H,33,34)/t24?,30-/m0/s1. The number of ether oxygens (including phenoxy) is 3. The van der Waals surface area contributed by atoms with Crippen LogP contribution >= 0.6 is 0 Å². The molecular formula is C31H48N2O6. The zero-order valence-corrected chi connectivity index (χ0v) is 24.0. The normalized spacial score (nSPS) is 18.4. The molecule has 2 fully saturated rings. The van der Waals surface area contributed by atoms with E-state index in [9.17, 15) is 9.59 Å². The molecule has 0 aromatic heterocycles. The lowest BCUT2D eigenvalue weighted by Gasteiger charge is -2.30. The van der Waals surface area contributed by atoms with E-state index >= 15 is 0 Å². The maximum atomic E-state index is 13.0. The van der Waals surface area contributed by atoms with Crippen LogP contribution in [0, 0.1) is 11.8 Å². The summed E-state index contributed by atoms with van der Waals surface area (Å²) in [6.07, 6.45) is 13.7. The summed E-state index contributed by atoms with van der Waals surface area (Å²) in [5.41, 5.74) is 3.25. The number of nitrogens with one attached hydrogen (secondary N) is 2. The average Bonchev–Trinajstić information content (AvgIpc) is 3.45. The Morgan fingerprint density at radius 3 is 2.36 bits per heavy atom. The number of hydrogen-bond donors (Lipinski definition) is 2. The van der Waals surface area contributed by atoms with E-state index in [1.165, 1.54) is 25.3 Å². The predicted octanol–water partition coefficient (Wildman–Crippen LogP) is 5.56. The van der Waals surface area contributed by atoms with Gasteiger partial charge in [0.15, 0.2) is 6.29 Å². The fourth-order valence-electron chi connectivity index (χ4n) is 5.06. The molecule has 1 unspecified atom stereocenters. The van der Waals surface area contributed by atoms with Crippen molar-refractivity contribution in [3.8, 4) is 5.75 Å². The van der Waals surface area contributed by atoms with Crippen molar-refractivity contribution >= 4 is 18.0 Å². The molecule has 1 aromatic rings. The Labute approximate surface area is 234 Å². The van der Waals surface area contributed by atoms with Crippen LogP contribution in [0.4, 0.5) is 0 Å². The first-order valence-electron chi connectivity index (χ1n) is 14.8. The molecule has 1 aromatic carbocycles. The van der Waals surface area contributed by atoms with E-state index < -0.39 is 6.29 Å². The highest BCUT2D eigenvalue weighted by Gasteiger charge is 2.32. The van der Waals surface area contributed by atoms with Crippen molar-refractivity contribution in [2.75, 3.05) is 19.8 Å². The molecule has 3 rings (SSSR count). The molecule has 0 radical (unpaired) electrons. The molecule has 39 heavy (non-hydrogen) atoms. The first-order chi connectivity index (χ1) is 18.9.